The van der Waals surface area contributed by atoms with Gasteiger partial charge in [0, 0.05) is 43.4 Å². The van der Waals surface area contributed by atoms with E-state index >= 15 is 0 Å². The predicted molar refractivity (Wildman–Crippen MR) is 111 cm³/mol. The zero-order chi connectivity index (χ0) is 20.8. The van der Waals surface area contributed by atoms with Crippen LogP contribution < -0.4 is 21.7 Å². The number of nitrogens with two attached hydrogens (primary N) is 1. The van der Waals surface area contributed by atoms with Crippen molar-refractivity contribution >= 4 is 35.1 Å². The molecule has 0 aliphatic carbocycles. The summed E-state index contributed by atoms with van der Waals surface area (Å²) in [7, 11) is 0. The topological polar surface area (TPSA) is 138 Å². The molecule has 1 aromatic carbocycles. The van der Waals surface area contributed by atoms with Crippen molar-refractivity contribution in [3.63, 3.8) is 0 Å². The Labute approximate surface area is 168 Å². The fourth-order valence-electron chi connectivity index (χ4n) is 3.05. The maximum Gasteiger partial charge on any atom is 0.251 e. The van der Waals surface area contributed by atoms with Gasteiger partial charge in [-0.15, -0.1) is 0 Å². The molecule has 0 bridgehead atoms. The molecule has 9 heteroatoms. The minimum absolute atomic E-state index is 0.0541. The van der Waals surface area contributed by atoms with Crippen LogP contribution in [0.25, 0.3) is 0 Å². The lowest BCUT2D eigenvalue weighted by molar-refractivity contribution is -0.121. The third-order valence-electron chi connectivity index (χ3n) is 4.70. The van der Waals surface area contributed by atoms with Crippen molar-refractivity contribution in [3.05, 3.63) is 41.6 Å². The van der Waals surface area contributed by atoms with Gasteiger partial charge in [-0.1, -0.05) is 6.92 Å². The molecule has 2 amide bonds. The van der Waals surface area contributed by atoms with Crippen LogP contribution in [0.1, 0.15) is 36.5 Å². The number of nitrogens with zero attached hydrogens (tertiary/aromatic N) is 2. The molecule has 1 atom stereocenters. The van der Waals surface area contributed by atoms with Gasteiger partial charge in [-0.2, -0.15) is 4.99 Å². The fourth-order valence-corrected chi connectivity index (χ4v) is 3.05. The van der Waals surface area contributed by atoms with Crippen LogP contribution in [0.5, 0.6) is 0 Å². The molecule has 0 radical (unpaired) electrons. The van der Waals surface area contributed by atoms with Gasteiger partial charge in [0.25, 0.3) is 5.91 Å². The minimum Gasteiger partial charge on any atom is -0.381 e. The van der Waals surface area contributed by atoms with Gasteiger partial charge in [-0.25, -0.2) is 4.99 Å². The molecule has 5 N–H and O–H groups in total. The van der Waals surface area contributed by atoms with Gasteiger partial charge in [-0.3, -0.25) is 19.7 Å². The number of amidine groups is 1. The normalized spacial score (nSPS) is 17.5. The molecule has 0 saturated carbocycles. The van der Waals surface area contributed by atoms with E-state index in [2.05, 4.69) is 25.9 Å². The molecule has 1 aromatic rings. The lowest BCUT2D eigenvalue weighted by atomic mass is 9.98. The number of guanidine groups is 1. The zero-order valence-electron chi connectivity index (χ0n) is 16.2. The molecule has 152 valence electrons. The molecule has 0 spiro atoms. The summed E-state index contributed by atoms with van der Waals surface area (Å²) in [5.74, 6) is -0.292. The van der Waals surface area contributed by atoms with Crippen molar-refractivity contribution < 1.29 is 14.4 Å². The predicted octanol–water partition coefficient (Wildman–Crippen LogP) is 0.944. The van der Waals surface area contributed by atoms with Crippen molar-refractivity contribution in [2.24, 2.45) is 21.6 Å². The Morgan fingerprint density at radius 3 is 2.72 bits per heavy atom. The van der Waals surface area contributed by atoms with E-state index in [1.807, 2.05) is 6.92 Å². The first-order valence-corrected chi connectivity index (χ1v) is 9.53. The summed E-state index contributed by atoms with van der Waals surface area (Å²) in [6, 6.07) is 7.03. The number of hydrogen-bond acceptors (Lipinski definition) is 7. The molecule has 29 heavy (non-hydrogen) atoms. The smallest absolute Gasteiger partial charge is 0.251 e. The SMILES string of the molecule is CCC(=O)CCCNC(=O)c1ccc(NCC2=CN=C3N=C(N)NC(=O)C23)cc1. The number of amides is 2. The highest BCUT2D eigenvalue weighted by Crippen LogP contribution is 2.24. The number of ketones is 1. The van der Waals surface area contributed by atoms with Crippen LogP contribution >= 0.6 is 0 Å². The summed E-state index contributed by atoms with van der Waals surface area (Å²) in [6.45, 7) is 2.72. The summed E-state index contributed by atoms with van der Waals surface area (Å²) < 4.78 is 0. The van der Waals surface area contributed by atoms with Crippen molar-refractivity contribution in [1.29, 1.82) is 0 Å². The minimum atomic E-state index is -0.528. The van der Waals surface area contributed by atoms with Crippen LogP contribution in [0.15, 0.2) is 46.0 Å². The van der Waals surface area contributed by atoms with E-state index < -0.39 is 5.92 Å². The van der Waals surface area contributed by atoms with Crippen LogP contribution in [0.2, 0.25) is 0 Å². The Bertz CT molecular complexity index is 901. The van der Waals surface area contributed by atoms with E-state index in [-0.39, 0.29) is 23.6 Å². The summed E-state index contributed by atoms with van der Waals surface area (Å²) in [6.07, 6.45) is 3.28. The molecular formula is C20H24N6O3. The summed E-state index contributed by atoms with van der Waals surface area (Å²) in [5.41, 5.74) is 7.68. The van der Waals surface area contributed by atoms with Gasteiger partial charge < -0.3 is 16.4 Å². The number of nitrogens with one attached hydrogen (secondary N) is 3. The number of aliphatic imine (C=N–C) groups is 2. The van der Waals surface area contributed by atoms with E-state index in [0.29, 0.717) is 43.8 Å². The number of anilines is 1. The maximum atomic E-state index is 12.1. The van der Waals surface area contributed by atoms with E-state index in [9.17, 15) is 14.4 Å². The average Bonchev–Trinajstić information content (AvgIpc) is 3.12. The number of Topliss-reactive ketones (excluding diaryl/α,β-unsaturated/α-hetero) is 1. The highest BCUT2D eigenvalue weighted by molar-refractivity contribution is 6.19. The molecule has 0 aromatic heterocycles. The molecular weight excluding hydrogens is 372 g/mol. The second-order valence-corrected chi connectivity index (χ2v) is 6.79. The van der Waals surface area contributed by atoms with Crippen LogP contribution in [-0.2, 0) is 9.59 Å². The summed E-state index contributed by atoms with van der Waals surface area (Å²) in [5, 5.41) is 8.53. The number of carbonyl (C=O) groups is 3. The van der Waals surface area contributed by atoms with E-state index in [1.165, 1.54) is 0 Å². The van der Waals surface area contributed by atoms with Crippen molar-refractivity contribution in [1.82, 2.24) is 10.6 Å². The van der Waals surface area contributed by atoms with Crippen LogP contribution in [-0.4, -0.2) is 42.5 Å². The largest absolute Gasteiger partial charge is 0.381 e. The van der Waals surface area contributed by atoms with Gasteiger partial charge in [-0.05, 0) is 36.3 Å². The molecule has 3 rings (SSSR count). The summed E-state index contributed by atoms with van der Waals surface area (Å²) in [4.78, 5) is 43.7. The third kappa shape index (κ3) is 5.07. The highest BCUT2D eigenvalue weighted by atomic mass is 16.2. The van der Waals surface area contributed by atoms with Gasteiger partial charge >= 0.3 is 0 Å². The highest BCUT2D eigenvalue weighted by Gasteiger charge is 2.35. The van der Waals surface area contributed by atoms with Gasteiger partial charge in [0.05, 0.1) is 0 Å². The lowest BCUT2D eigenvalue weighted by Gasteiger charge is -2.20. The first-order valence-electron chi connectivity index (χ1n) is 9.53. The molecule has 2 aliphatic heterocycles. The van der Waals surface area contributed by atoms with Crippen LogP contribution in [0.4, 0.5) is 5.69 Å². The van der Waals surface area contributed by atoms with Crippen molar-refractivity contribution in [2.75, 3.05) is 18.4 Å². The Kier molecular flexibility index (Phi) is 6.38. The zero-order valence-corrected chi connectivity index (χ0v) is 16.2. The maximum absolute atomic E-state index is 12.1. The van der Waals surface area contributed by atoms with Crippen LogP contribution in [0.3, 0.4) is 0 Å². The Hall–Kier alpha value is -3.49. The van der Waals surface area contributed by atoms with Crippen molar-refractivity contribution in [2.45, 2.75) is 26.2 Å². The van der Waals surface area contributed by atoms with Gasteiger partial charge in [0.15, 0.2) is 0 Å². The fraction of sp³-hybridized carbons (Fsp3) is 0.350. The first kappa shape index (κ1) is 20.2. The number of hydrogen-bond donors (Lipinski definition) is 4. The molecule has 0 fully saturated rings. The monoisotopic (exact) mass is 396 g/mol. The van der Waals surface area contributed by atoms with Gasteiger partial charge in [0.1, 0.15) is 17.5 Å². The number of benzene rings is 1. The van der Waals surface area contributed by atoms with Crippen LogP contribution in [0, 0.1) is 5.92 Å². The quantitative estimate of drug-likeness (QED) is 0.460. The van der Waals surface area contributed by atoms with E-state index in [0.717, 1.165) is 11.3 Å². The second kappa shape index (κ2) is 9.13. The van der Waals surface area contributed by atoms with Crippen molar-refractivity contribution in [3.8, 4) is 0 Å². The molecule has 2 aliphatic rings. The van der Waals surface area contributed by atoms with E-state index in [4.69, 9.17) is 5.73 Å². The number of fused-ring (bicyclic) bond motifs is 1. The van der Waals surface area contributed by atoms with Gasteiger partial charge in [0.2, 0.25) is 11.9 Å². The lowest BCUT2D eigenvalue weighted by Crippen LogP contribution is -2.47. The second-order valence-electron chi connectivity index (χ2n) is 6.79. The Morgan fingerprint density at radius 1 is 1.24 bits per heavy atom. The number of rotatable bonds is 9. The summed E-state index contributed by atoms with van der Waals surface area (Å²) >= 11 is 0. The molecule has 2 heterocycles. The molecule has 1 unspecified atom stereocenters. The first-order chi connectivity index (χ1) is 14.0. The Morgan fingerprint density at radius 2 is 2.00 bits per heavy atom. The average molecular weight is 396 g/mol. The molecule has 9 nitrogen and oxygen atoms in total. The number of carbonyl (C=O) groups excluding carboxylic acids is 3. The molecule has 0 saturated heterocycles. The van der Waals surface area contributed by atoms with E-state index in [1.54, 1.807) is 30.5 Å². The Balaban J connectivity index is 1.47. The standard InChI is InChI=1S/C20H24N6O3/c1-2-15(27)4-3-9-22-18(28)12-5-7-14(8-6-12)23-10-13-11-24-17-16(13)19(29)26-20(21)25-17/h5-8,11,16,23H,2-4,9-10H2,1H3,(H,22,28)(H3,21,24,25,26,29). The third-order valence-corrected chi connectivity index (χ3v) is 4.70.